The second-order valence-electron chi connectivity index (χ2n) is 3.04. The van der Waals surface area contributed by atoms with E-state index in [1.165, 1.54) is 0 Å². The molecule has 0 aliphatic carbocycles. The SMILES string of the molecule is COc1ccsc1C=Cc1sccc1OC. The molecule has 0 amide bonds. The van der Waals surface area contributed by atoms with Crippen molar-refractivity contribution in [3.8, 4) is 11.5 Å². The van der Waals surface area contributed by atoms with Gasteiger partial charge in [-0.3, -0.25) is 0 Å². The molecule has 0 bridgehead atoms. The van der Waals surface area contributed by atoms with Gasteiger partial charge < -0.3 is 9.47 Å². The lowest BCUT2D eigenvalue weighted by Crippen LogP contribution is -1.81. The standard InChI is InChI=1S/C12H12O2S2/c1-13-9-5-7-15-11(9)3-4-12-10(14-2)6-8-16-12/h3-8H,1-2H3. The van der Waals surface area contributed by atoms with Gasteiger partial charge in [0, 0.05) is 0 Å². The molecule has 2 heterocycles. The maximum atomic E-state index is 5.24. The molecular formula is C12H12O2S2. The molecular weight excluding hydrogens is 240 g/mol. The van der Waals surface area contributed by atoms with Crippen LogP contribution in [0, 0.1) is 0 Å². The summed E-state index contributed by atoms with van der Waals surface area (Å²) in [4.78, 5) is 2.25. The zero-order chi connectivity index (χ0) is 11.4. The minimum absolute atomic E-state index is 0.914. The number of ether oxygens (including phenoxy) is 2. The maximum Gasteiger partial charge on any atom is 0.136 e. The van der Waals surface area contributed by atoms with Gasteiger partial charge in [-0.1, -0.05) is 0 Å². The molecule has 4 heteroatoms. The van der Waals surface area contributed by atoms with E-state index in [2.05, 4.69) is 12.2 Å². The number of hydrogen-bond acceptors (Lipinski definition) is 4. The van der Waals surface area contributed by atoms with Crippen LogP contribution in [0.3, 0.4) is 0 Å². The average molecular weight is 252 g/mol. The maximum absolute atomic E-state index is 5.24. The lowest BCUT2D eigenvalue weighted by Gasteiger charge is -1.98. The van der Waals surface area contributed by atoms with Gasteiger partial charge in [0.05, 0.1) is 24.0 Å². The normalized spacial score (nSPS) is 10.9. The molecule has 0 spiro atoms. The van der Waals surface area contributed by atoms with Crippen molar-refractivity contribution in [3.63, 3.8) is 0 Å². The van der Waals surface area contributed by atoms with E-state index in [1.807, 2.05) is 22.9 Å². The lowest BCUT2D eigenvalue weighted by molar-refractivity contribution is 0.415. The van der Waals surface area contributed by atoms with Gasteiger partial charge in [-0.2, -0.15) is 0 Å². The first-order valence-electron chi connectivity index (χ1n) is 4.76. The second kappa shape index (κ2) is 5.18. The van der Waals surface area contributed by atoms with E-state index in [0.717, 1.165) is 21.3 Å². The fraction of sp³-hybridized carbons (Fsp3) is 0.167. The summed E-state index contributed by atoms with van der Waals surface area (Å²) in [5.74, 6) is 1.83. The molecule has 0 aliphatic heterocycles. The molecule has 84 valence electrons. The van der Waals surface area contributed by atoms with Crippen LogP contribution >= 0.6 is 22.7 Å². The number of hydrogen-bond donors (Lipinski definition) is 0. The minimum Gasteiger partial charge on any atom is -0.495 e. The first kappa shape index (κ1) is 11.2. The quantitative estimate of drug-likeness (QED) is 0.819. The van der Waals surface area contributed by atoms with Gasteiger partial charge in [-0.05, 0) is 35.0 Å². The van der Waals surface area contributed by atoms with Crippen molar-refractivity contribution in [1.82, 2.24) is 0 Å². The third-order valence-corrected chi connectivity index (χ3v) is 3.87. The van der Waals surface area contributed by atoms with Crippen molar-refractivity contribution >= 4 is 34.8 Å². The topological polar surface area (TPSA) is 18.5 Å². The van der Waals surface area contributed by atoms with E-state index in [-0.39, 0.29) is 0 Å². The summed E-state index contributed by atoms with van der Waals surface area (Å²) in [5, 5.41) is 4.04. The molecule has 0 N–H and O–H groups in total. The Labute approximate surface area is 103 Å². The van der Waals surface area contributed by atoms with E-state index < -0.39 is 0 Å². The first-order chi connectivity index (χ1) is 7.85. The van der Waals surface area contributed by atoms with E-state index in [4.69, 9.17) is 9.47 Å². The van der Waals surface area contributed by atoms with Crippen molar-refractivity contribution in [2.75, 3.05) is 14.2 Å². The summed E-state index contributed by atoms with van der Waals surface area (Å²) in [6.07, 6.45) is 4.11. The Bertz CT molecular complexity index is 438. The van der Waals surface area contributed by atoms with Crippen LogP contribution < -0.4 is 9.47 Å². The predicted molar refractivity (Wildman–Crippen MR) is 70.7 cm³/mol. The fourth-order valence-corrected chi connectivity index (χ4v) is 2.85. The summed E-state index contributed by atoms with van der Waals surface area (Å²) >= 11 is 3.32. The summed E-state index contributed by atoms with van der Waals surface area (Å²) in [7, 11) is 3.37. The first-order valence-corrected chi connectivity index (χ1v) is 6.52. The lowest BCUT2D eigenvalue weighted by atomic mass is 10.3. The number of thiophene rings is 2. The van der Waals surface area contributed by atoms with Gasteiger partial charge >= 0.3 is 0 Å². The van der Waals surface area contributed by atoms with Gasteiger partial charge in [0.15, 0.2) is 0 Å². The van der Waals surface area contributed by atoms with E-state index >= 15 is 0 Å². The van der Waals surface area contributed by atoms with Crippen LogP contribution in [0.2, 0.25) is 0 Å². The van der Waals surface area contributed by atoms with Crippen molar-refractivity contribution < 1.29 is 9.47 Å². The Morgan fingerprint density at radius 1 is 0.875 bits per heavy atom. The highest BCUT2D eigenvalue weighted by atomic mass is 32.1. The zero-order valence-corrected chi connectivity index (χ0v) is 10.7. The number of methoxy groups -OCH3 is 2. The van der Waals surface area contributed by atoms with Gasteiger partial charge in [0.2, 0.25) is 0 Å². The third-order valence-electron chi connectivity index (χ3n) is 2.14. The molecule has 2 rings (SSSR count). The Hall–Kier alpha value is -1.26. The fourth-order valence-electron chi connectivity index (χ4n) is 1.35. The highest BCUT2D eigenvalue weighted by molar-refractivity contribution is 7.12. The van der Waals surface area contributed by atoms with E-state index in [9.17, 15) is 0 Å². The predicted octanol–water partition coefficient (Wildman–Crippen LogP) is 4.00. The highest BCUT2D eigenvalue weighted by Crippen LogP contribution is 2.30. The Morgan fingerprint density at radius 2 is 1.31 bits per heavy atom. The van der Waals surface area contributed by atoms with Gasteiger partial charge in [-0.15, -0.1) is 22.7 Å². The highest BCUT2D eigenvalue weighted by Gasteiger charge is 2.02. The summed E-state index contributed by atoms with van der Waals surface area (Å²) in [5.41, 5.74) is 0. The van der Waals surface area contributed by atoms with Crippen LogP contribution in [0.4, 0.5) is 0 Å². The van der Waals surface area contributed by atoms with Crippen LogP contribution in [0.25, 0.3) is 12.2 Å². The molecule has 16 heavy (non-hydrogen) atoms. The molecule has 0 fully saturated rings. The van der Waals surface area contributed by atoms with Crippen LogP contribution in [-0.4, -0.2) is 14.2 Å². The van der Waals surface area contributed by atoms with Crippen molar-refractivity contribution in [2.24, 2.45) is 0 Å². The largest absolute Gasteiger partial charge is 0.495 e. The van der Waals surface area contributed by atoms with Crippen LogP contribution in [-0.2, 0) is 0 Å². The average Bonchev–Trinajstić information content (AvgIpc) is 2.94. The van der Waals surface area contributed by atoms with Crippen molar-refractivity contribution in [2.45, 2.75) is 0 Å². The van der Waals surface area contributed by atoms with Gasteiger partial charge in [0.1, 0.15) is 11.5 Å². The molecule has 0 unspecified atom stereocenters. The third kappa shape index (κ3) is 2.28. The van der Waals surface area contributed by atoms with Crippen LogP contribution in [0.15, 0.2) is 22.9 Å². The van der Waals surface area contributed by atoms with Crippen molar-refractivity contribution in [3.05, 3.63) is 32.6 Å². The summed E-state index contributed by atoms with van der Waals surface area (Å²) in [6, 6.07) is 3.94. The van der Waals surface area contributed by atoms with Crippen LogP contribution in [0.1, 0.15) is 9.75 Å². The Kier molecular flexibility index (Phi) is 3.64. The van der Waals surface area contributed by atoms with Crippen LogP contribution in [0.5, 0.6) is 11.5 Å². The molecule has 0 aromatic carbocycles. The number of rotatable bonds is 4. The Balaban J connectivity index is 2.21. The molecule has 0 saturated heterocycles. The molecule has 0 saturated carbocycles. The molecule has 0 radical (unpaired) electrons. The summed E-state index contributed by atoms with van der Waals surface area (Å²) < 4.78 is 10.5. The molecule has 0 aliphatic rings. The molecule has 2 nitrogen and oxygen atoms in total. The summed E-state index contributed by atoms with van der Waals surface area (Å²) in [6.45, 7) is 0. The Morgan fingerprint density at radius 3 is 1.69 bits per heavy atom. The monoisotopic (exact) mass is 252 g/mol. The molecule has 2 aromatic heterocycles. The van der Waals surface area contributed by atoms with Crippen molar-refractivity contribution in [1.29, 1.82) is 0 Å². The molecule has 2 aromatic rings. The minimum atomic E-state index is 0.914. The van der Waals surface area contributed by atoms with E-state index in [0.29, 0.717) is 0 Å². The van der Waals surface area contributed by atoms with Gasteiger partial charge in [-0.25, -0.2) is 0 Å². The molecule has 0 atom stereocenters. The van der Waals surface area contributed by atoms with E-state index in [1.54, 1.807) is 36.9 Å². The second-order valence-corrected chi connectivity index (χ2v) is 4.94. The zero-order valence-electron chi connectivity index (χ0n) is 9.10. The smallest absolute Gasteiger partial charge is 0.136 e. The van der Waals surface area contributed by atoms with Gasteiger partial charge in [0.25, 0.3) is 0 Å².